The van der Waals surface area contributed by atoms with Gasteiger partial charge in [-0.3, -0.25) is 9.78 Å². The molecule has 1 amide bonds. The van der Waals surface area contributed by atoms with Crippen molar-refractivity contribution in [2.24, 2.45) is 0 Å². The zero-order chi connectivity index (χ0) is 16.1. The summed E-state index contributed by atoms with van der Waals surface area (Å²) in [6.07, 6.45) is 3.21. The number of nitrogens with zero attached hydrogens (tertiary/aromatic N) is 2. The fourth-order valence-corrected chi connectivity index (χ4v) is 2.93. The van der Waals surface area contributed by atoms with E-state index in [0.29, 0.717) is 13.2 Å². The van der Waals surface area contributed by atoms with Crippen molar-refractivity contribution in [3.8, 4) is 0 Å². The second-order valence-corrected chi connectivity index (χ2v) is 5.88. The molecule has 2 heterocycles. The van der Waals surface area contributed by atoms with E-state index in [2.05, 4.69) is 4.98 Å². The lowest BCUT2D eigenvalue weighted by molar-refractivity contribution is -0.144. The molecule has 0 radical (unpaired) electrons. The Balaban J connectivity index is 1.84. The van der Waals surface area contributed by atoms with Gasteiger partial charge < -0.3 is 9.64 Å². The van der Waals surface area contributed by atoms with Crippen molar-refractivity contribution in [1.82, 2.24) is 9.88 Å². The number of hydrogen-bond acceptors (Lipinski definition) is 3. The summed E-state index contributed by atoms with van der Waals surface area (Å²) in [5.41, 5.74) is 2.01. The first-order chi connectivity index (χ1) is 11.3. The Bertz CT molecular complexity index is 624. The van der Waals surface area contributed by atoms with Crippen molar-refractivity contribution >= 4 is 5.91 Å². The molecule has 120 valence electrons. The van der Waals surface area contributed by atoms with Crippen LogP contribution >= 0.6 is 0 Å². The summed E-state index contributed by atoms with van der Waals surface area (Å²) in [6, 6.07) is 15.8. The second-order valence-electron chi connectivity index (χ2n) is 5.88. The molecule has 4 heteroatoms. The minimum absolute atomic E-state index is 0.0597. The van der Waals surface area contributed by atoms with Gasteiger partial charge >= 0.3 is 0 Å². The summed E-state index contributed by atoms with van der Waals surface area (Å²) in [6.45, 7) is 3.27. The van der Waals surface area contributed by atoms with E-state index in [1.54, 1.807) is 6.20 Å². The van der Waals surface area contributed by atoms with Crippen molar-refractivity contribution < 1.29 is 9.53 Å². The second kappa shape index (κ2) is 7.38. The molecular formula is C19H22N2O2. The number of pyridine rings is 1. The number of amides is 1. The number of hydrogen-bond donors (Lipinski definition) is 0. The van der Waals surface area contributed by atoms with Crippen LogP contribution in [-0.2, 0) is 16.1 Å². The van der Waals surface area contributed by atoms with Crippen LogP contribution in [0.1, 0.15) is 37.1 Å². The first kappa shape index (κ1) is 15.7. The lowest BCUT2D eigenvalue weighted by Gasteiger charge is -2.31. The topological polar surface area (TPSA) is 42.4 Å². The highest BCUT2D eigenvalue weighted by Crippen LogP contribution is 2.25. The average molecular weight is 310 g/mol. The van der Waals surface area contributed by atoms with Gasteiger partial charge in [0.15, 0.2) is 0 Å². The van der Waals surface area contributed by atoms with E-state index in [1.807, 2.05) is 60.4 Å². The van der Waals surface area contributed by atoms with Crippen molar-refractivity contribution in [2.45, 2.75) is 38.5 Å². The Morgan fingerprint density at radius 2 is 2.04 bits per heavy atom. The van der Waals surface area contributed by atoms with Gasteiger partial charge in [0.05, 0.1) is 11.7 Å². The maximum absolute atomic E-state index is 12.9. The molecule has 0 aliphatic carbocycles. The highest BCUT2D eigenvalue weighted by atomic mass is 16.5. The Labute approximate surface area is 137 Å². The molecule has 0 bridgehead atoms. The predicted octanol–water partition coefficient (Wildman–Crippen LogP) is 3.35. The Morgan fingerprint density at radius 1 is 1.26 bits per heavy atom. The fraction of sp³-hybridized carbons (Fsp3) is 0.368. The number of ether oxygens (including phenoxy) is 1. The van der Waals surface area contributed by atoms with E-state index in [0.717, 1.165) is 24.1 Å². The molecule has 0 spiro atoms. The number of benzene rings is 1. The zero-order valence-electron chi connectivity index (χ0n) is 13.4. The van der Waals surface area contributed by atoms with Crippen LogP contribution < -0.4 is 0 Å². The number of rotatable bonds is 5. The first-order valence-corrected chi connectivity index (χ1v) is 8.12. The van der Waals surface area contributed by atoms with Gasteiger partial charge in [-0.15, -0.1) is 0 Å². The molecule has 1 saturated heterocycles. The van der Waals surface area contributed by atoms with Gasteiger partial charge in [0.1, 0.15) is 6.10 Å². The molecule has 1 aliphatic heterocycles. The Hall–Kier alpha value is -2.20. The summed E-state index contributed by atoms with van der Waals surface area (Å²) in [5, 5.41) is 0. The van der Waals surface area contributed by atoms with Crippen LogP contribution in [0.2, 0.25) is 0 Å². The van der Waals surface area contributed by atoms with E-state index in [9.17, 15) is 4.79 Å². The van der Waals surface area contributed by atoms with E-state index in [-0.39, 0.29) is 18.1 Å². The smallest absolute Gasteiger partial charge is 0.252 e. The standard InChI is InChI=1S/C19H22N2O2/c1-15(17-10-5-6-12-20-17)21(14-16-8-3-2-4-9-16)19(22)18-11-7-13-23-18/h2-6,8-10,12,15,18H,7,11,13-14H2,1H3. The summed E-state index contributed by atoms with van der Waals surface area (Å²) in [7, 11) is 0. The first-order valence-electron chi connectivity index (χ1n) is 8.12. The van der Waals surface area contributed by atoms with E-state index in [4.69, 9.17) is 4.74 Å². The summed E-state index contributed by atoms with van der Waals surface area (Å²) >= 11 is 0. The molecule has 1 aromatic heterocycles. The summed E-state index contributed by atoms with van der Waals surface area (Å²) in [4.78, 5) is 19.2. The van der Waals surface area contributed by atoms with Crippen molar-refractivity contribution in [3.63, 3.8) is 0 Å². The van der Waals surface area contributed by atoms with E-state index >= 15 is 0 Å². The van der Waals surface area contributed by atoms with Crippen molar-refractivity contribution in [3.05, 3.63) is 66.0 Å². The average Bonchev–Trinajstić information content (AvgIpc) is 3.15. The predicted molar refractivity (Wildman–Crippen MR) is 88.6 cm³/mol. The molecule has 1 aromatic carbocycles. The molecule has 1 aliphatic rings. The quantitative estimate of drug-likeness (QED) is 0.850. The fourth-order valence-electron chi connectivity index (χ4n) is 2.93. The van der Waals surface area contributed by atoms with Gasteiger partial charge in [0, 0.05) is 19.3 Å². The monoisotopic (exact) mass is 310 g/mol. The van der Waals surface area contributed by atoms with Crippen LogP contribution in [0.3, 0.4) is 0 Å². The molecule has 3 rings (SSSR count). The molecule has 2 atom stereocenters. The number of carbonyl (C=O) groups excluding carboxylic acids is 1. The summed E-state index contributed by atoms with van der Waals surface area (Å²) in [5.74, 6) is 0.0597. The van der Waals surface area contributed by atoms with Gasteiger partial charge in [0.2, 0.25) is 0 Å². The Morgan fingerprint density at radius 3 is 2.70 bits per heavy atom. The lowest BCUT2D eigenvalue weighted by atomic mass is 10.1. The van der Waals surface area contributed by atoms with Crippen LogP contribution in [0.25, 0.3) is 0 Å². The summed E-state index contributed by atoms with van der Waals surface area (Å²) < 4.78 is 5.61. The van der Waals surface area contributed by atoms with E-state index in [1.165, 1.54) is 0 Å². The maximum Gasteiger partial charge on any atom is 0.252 e. The third-order valence-corrected chi connectivity index (χ3v) is 4.27. The molecule has 23 heavy (non-hydrogen) atoms. The highest BCUT2D eigenvalue weighted by molar-refractivity contribution is 5.81. The third kappa shape index (κ3) is 3.77. The zero-order valence-corrected chi connectivity index (χ0v) is 13.4. The van der Waals surface area contributed by atoms with Crippen LogP contribution in [0.15, 0.2) is 54.7 Å². The van der Waals surface area contributed by atoms with Crippen molar-refractivity contribution in [1.29, 1.82) is 0 Å². The maximum atomic E-state index is 12.9. The van der Waals surface area contributed by atoms with Gasteiger partial charge in [-0.1, -0.05) is 36.4 Å². The van der Waals surface area contributed by atoms with Crippen LogP contribution in [-0.4, -0.2) is 28.5 Å². The largest absolute Gasteiger partial charge is 0.368 e. The van der Waals surface area contributed by atoms with E-state index < -0.39 is 0 Å². The van der Waals surface area contributed by atoms with Gasteiger partial charge in [0.25, 0.3) is 5.91 Å². The molecular weight excluding hydrogens is 288 g/mol. The van der Waals surface area contributed by atoms with Crippen LogP contribution in [0, 0.1) is 0 Å². The molecule has 0 N–H and O–H groups in total. The highest BCUT2D eigenvalue weighted by Gasteiger charge is 2.31. The molecule has 2 unspecified atom stereocenters. The van der Waals surface area contributed by atoms with Crippen molar-refractivity contribution in [2.75, 3.05) is 6.61 Å². The van der Waals surface area contributed by atoms with Crippen LogP contribution in [0.5, 0.6) is 0 Å². The number of carbonyl (C=O) groups is 1. The molecule has 0 saturated carbocycles. The molecule has 4 nitrogen and oxygen atoms in total. The Kier molecular flexibility index (Phi) is 5.03. The SMILES string of the molecule is CC(c1ccccn1)N(Cc1ccccc1)C(=O)C1CCCO1. The van der Waals surface area contributed by atoms with Crippen LogP contribution in [0.4, 0.5) is 0 Å². The van der Waals surface area contributed by atoms with Gasteiger partial charge in [-0.05, 0) is 37.5 Å². The lowest BCUT2D eigenvalue weighted by Crippen LogP contribution is -2.40. The number of aromatic nitrogens is 1. The molecule has 2 aromatic rings. The third-order valence-electron chi connectivity index (χ3n) is 4.27. The minimum Gasteiger partial charge on any atom is -0.368 e. The molecule has 1 fully saturated rings. The normalized spacial score (nSPS) is 18.6. The minimum atomic E-state index is -0.315. The van der Waals surface area contributed by atoms with Gasteiger partial charge in [-0.2, -0.15) is 0 Å². The van der Waals surface area contributed by atoms with Gasteiger partial charge in [-0.25, -0.2) is 0 Å².